The molecule has 0 heterocycles. The zero-order chi connectivity index (χ0) is 9.72. The van der Waals surface area contributed by atoms with E-state index in [0.29, 0.717) is 18.6 Å². The Morgan fingerprint density at radius 2 is 1.58 bits per heavy atom. The summed E-state index contributed by atoms with van der Waals surface area (Å²) in [4.78, 5) is 2.07. The Hall–Kier alpha value is -0.150. The van der Waals surface area contributed by atoms with Gasteiger partial charge in [-0.1, -0.05) is 0 Å². The van der Waals surface area contributed by atoms with E-state index in [-0.39, 0.29) is 0 Å². The molecule has 2 nitrogen and oxygen atoms in total. The summed E-state index contributed by atoms with van der Waals surface area (Å²) in [5.74, 6) is 0. The maximum absolute atomic E-state index is 12.0. The summed E-state index contributed by atoms with van der Waals surface area (Å²) in [6.07, 6.45) is -0.838. The van der Waals surface area contributed by atoms with E-state index < -0.39 is 12.8 Å². The van der Waals surface area contributed by atoms with Crippen molar-refractivity contribution < 1.29 is 9.50 Å². The van der Waals surface area contributed by atoms with Crippen LogP contribution in [-0.4, -0.2) is 41.4 Å². The van der Waals surface area contributed by atoms with E-state index in [4.69, 9.17) is 5.11 Å². The average molecular weight is 177 g/mol. The smallest absolute Gasteiger partial charge is 0.117 e. The van der Waals surface area contributed by atoms with Crippen LogP contribution in [0.3, 0.4) is 0 Å². The van der Waals surface area contributed by atoms with Gasteiger partial charge in [-0.05, 0) is 27.7 Å². The maximum atomic E-state index is 12.0. The second kappa shape index (κ2) is 5.49. The van der Waals surface area contributed by atoms with Crippen molar-refractivity contribution in [3.63, 3.8) is 0 Å². The minimum atomic E-state index is -0.838. The Balaban J connectivity index is 3.95. The number of aliphatic hydroxyl groups is 1. The molecule has 0 fully saturated rings. The zero-order valence-corrected chi connectivity index (χ0v) is 8.42. The van der Waals surface area contributed by atoms with E-state index in [1.165, 1.54) is 0 Å². The van der Waals surface area contributed by atoms with Gasteiger partial charge in [0.05, 0.1) is 6.10 Å². The molecular formula is C9H20FNO. The van der Waals surface area contributed by atoms with Gasteiger partial charge < -0.3 is 5.11 Å². The van der Waals surface area contributed by atoms with Crippen molar-refractivity contribution in [2.24, 2.45) is 0 Å². The zero-order valence-electron chi connectivity index (χ0n) is 8.42. The number of hydrogen-bond donors (Lipinski definition) is 1. The summed E-state index contributed by atoms with van der Waals surface area (Å²) in [5, 5.41) is 9.11. The molecule has 74 valence electrons. The average Bonchev–Trinajstić information content (AvgIpc) is 1.98. The van der Waals surface area contributed by atoms with Crippen LogP contribution in [-0.2, 0) is 0 Å². The van der Waals surface area contributed by atoms with Crippen molar-refractivity contribution in [2.45, 2.75) is 45.9 Å². The van der Waals surface area contributed by atoms with Crippen LogP contribution < -0.4 is 0 Å². The molecular weight excluding hydrogens is 157 g/mol. The fourth-order valence-electron chi connectivity index (χ4n) is 1.31. The molecule has 0 bridgehead atoms. The topological polar surface area (TPSA) is 23.5 Å². The number of nitrogens with zero attached hydrogens (tertiary/aromatic N) is 1. The van der Waals surface area contributed by atoms with Crippen molar-refractivity contribution in [3.05, 3.63) is 0 Å². The molecule has 12 heavy (non-hydrogen) atoms. The van der Waals surface area contributed by atoms with Gasteiger partial charge in [0.1, 0.15) is 6.67 Å². The monoisotopic (exact) mass is 177 g/mol. The van der Waals surface area contributed by atoms with Gasteiger partial charge in [-0.3, -0.25) is 4.90 Å². The first-order valence-electron chi connectivity index (χ1n) is 4.48. The molecule has 0 spiro atoms. The third-order valence-electron chi connectivity index (χ3n) is 1.93. The molecule has 0 saturated heterocycles. The maximum Gasteiger partial charge on any atom is 0.117 e. The first-order chi connectivity index (χ1) is 5.49. The predicted molar refractivity (Wildman–Crippen MR) is 49.0 cm³/mol. The SMILES string of the molecule is CC(C)N(CC(O)CF)C(C)C. The lowest BCUT2D eigenvalue weighted by atomic mass is 10.2. The Labute approximate surface area is 74.4 Å². The summed E-state index contributed by atoms with van der Waals surface area (Å²) in [6, 6.07) is 0.706. The minimum absolute atomic E-state index is 0.353. The van der Waals surface area contributed by atoms with Crippen molar-refractivity contribution in [1.29, 1.82) is 0 Å². The van der Waals surface area contributed by atoms with Crippen LogP contribution in [0.25, 0.3) is 0 Å². The lowest BCUT2D eigenvalue weighted by Crippen LogP contribution is -2.42. The van der Waals surface area contributed by atoms with Gasteiger partial charge >= 0.3 is 0 Å². The largest absolute Gasteiger partial charge is 0.389 e. The second-order valence-electron chi connectivity index (χ2n) is 3.69. The normalized spacial score (nSPS) is 14.8. The number of halogens is 1. The van der Waals surface area contributed by atoms with Crippen LogP contribution in [0, 0.1) is 0 Å². The van der Waals surface area contributed by atoms with Crippen molar-refractivity contribution in [1.82, 2.24) is 4.90 Å². The summed E-state index contributed by atoms with van der Waals surface area (Å²) < 4.78 is 12.0. The first kappa shape index (κ1) is 11.8. The van der Waals surface area contributed by atoms with E-state index in [9.17, 15) is 4.39 Å². The van der Waals surface area contributed by atoms with E-state index in [0.717, 1.165) is 0 Å². The van der Waals surface area contributed by atoms with Gasteiger partial charge in [0.25, 0.3) is 0 Å². The Kier molecular flexibility index (Phi) is 5.42. The van der Waals surface area contributed by atoms with Crippen molar-refractivity contribution >= 4 is 0 Å². The standard InChI is InChI=1S/C9H20FNO/c1-7(2)11(8(3)4)6-9(12)5-10/h7-9,12H,5-6H2,1-4H3. The van der Waals surface area contributed by atoms with Gasteiger partial charge in [0, 0.05) is 18.6 Å². The van der Waals surface area contributed by atoms with Crippen LogP contribution in [0.4, 0.5) is 4.39 Å². The summed E-state index contributed by atoms with van der Waals surface area (Å²) >= 11 is 0. The molecule has 1 atom stereocenters. The highest BCUT2D eigenvalue weighted by Crippen LogP contribution is 2.05. The number of hydrogen-bond acceptors (Lipinski definition) is 2. The quantitative estimate of drug-likeness (QED) is 0.687. The highest BCUT2D eigenvalue weighted by Gasteiger charge is 2.16. The first-order valence-corrected chi connectivity index (χ1v) is 4.48. The lowest BCUT2D eigenvalue weighted by molar-refractivity contribution is 0.0601. The molecule has 0 amide bonds. The van der Waals surface area contributed by atoms with Gasteiger partial charge in [-0.2, -0.15) is 0 Å². The van der Waals surface area contributed by atoms with Crippen LogP contribution in [0.15, 0.2) is 0 Å². The third kappa shape index (κ3) is 4.02. The van der Waals surface area contributed by atoms with E-state index in [1.54, 1.807) is 0 Å². The fourth-order valence-corrected chi connectivity index (χ4v) is 1.31. The second-order valence-corrected chi connectivity index (χ2v) is 3.69. The minimum Gasteiger partial charge on any atom is -0.389 e. The molecule has 0 aromatic carbocycles. The van der Waals surface area contributed by atoms with Gasteiger partial charge in [-0.15, -0.1) is 0 Å². The highest BCUT2D eigenvalue weighted by atomic mass is 19.1. The van der Waals surface area contributed by atoms with Crippen molar-refractivity contribution in [3.8, 4) is 0 Å². The Morgan fingerprint density at radius 3 is 1.83 bits per heavy atom. The van der Waals surface area contributed by atoms with Gasteiger partial charge in [-0.25, -0.2) is 4.39 Å². The fraction of sp³-hybridized carbons (Fsp3) is 1.00. The molecule has 0 aliphatic heterocycles. The molecule has 1 unspecified atom stereocenters. The third-order valence-corrected chi connectivity index (χ3v) is 1.93. The lowest BCUT2D eigenvalue weighted by Gasteiger charge is -2.31. The molecule has 1 N–H and O–H groups in total. The summed E-state index contributed by atoms with van der Waals surface area (Å²) in [5.41, 5.74) is 0. The van der Waals surface area contributed by atoms with Crippen molar-refractivity contribution in [2.75, 3.05) is 13.2 Å². The Bertz CT molecular complexity index is 109. The predicted octanol–water partition coefficient (Wildman–Crippen LogP) is 1.44. The van der Waals surface area contributed by atoms with Gasteiger partial charge in [0.2, 0.25) is 0 Å². The summed E-state index contributed by atoms with van der Waals surface area (Å²) in [7, 11) is 0. The number of rotatable bonds is 5. The molecule has 0 aromatic heterocycles. The van der Waals surface area contributed by atoms with Crippen LogP contribution in [0.2, 0.25) is 0 Å². The molecule has 0 radical (unpaired) electrons. The van der Waals surface area contributed by atoms with Crippen LogP contribution >= 0.6 is 0 Å². The molecule has 0 aliphatic rings. The number of aliphatic hydroxyl groups excluding tert-OH is 1. The molecule has 0 aromatic rings. The number of alkyl halides is 1. The highest BCUT2D eigenvalue weighted by molar-refractivity contribution is 4.70. The molecule has 3 heteroatoms. The van der Waals surface area contributed by atoms with Crippen LogP contribution in [0.5, 0.6) is 0 Å². The molecule has 0 rings (SSSR count). The molecule has 0 saturated carbocycles. The van der Waals surface area contributed by atoms with E-state index >= 15 is 0 Å². The van der Waals surface area contributed by atoms with Gasteiger partial charge in [0.15, 0.2) is 0 Å². The molecule has 0 aliphatic carbocycles. The van der Waals surface area contributed by atoms with E-state index in [2.05, 4.69) is 4.90 Å². The Morgan fingerprint density at radius 1 is 1.17 bits per heavy atom. The van der Waals surface area contributed by atoms with Crippen LogP contribution in [0.1, 0.15) is 27.7 Å². The summed E-state index contributed by atoms with van der Waals surface area (Å²) in [6.45, 7) is 7.95. The van der Waals surface area contributed by atoms with E-state index in [1.807, 2.05) is 27.7 Å².